The Morgan fingerprint density at radius 2 is 2.12 bits per heavy atom. The number of benzene rings is 1. The molecule has 0 spiro atoms. The summed E-state index contributed by atoms with van der Waals surface area (Å²) in [5.74, 6) is 0.956. The summed E-state index contributed by atoms with van der Waals surface area (Å²) in [6, 6.07) is 4.27. The summed E-state index contributed by atoms with van der Waals surface area (Å²) < 4.78 is 6.55. The lowest BCUT2D eigenvalue weighted by Crippen LogP contribution is -2.41. The summed E-state index contributed by atoms with van der Waals surface area (Å²) >= 11 is 3.65. The zero-order chi connectivity index (χ0) is 11.8. The lowest BCUT2D eigenvalue weighted by Gasteiger charge is -2.42. The molecule has 1 fully saturated rings. The third kappa shape index (κ3) is 1.76. The van der Waals surface area contributed by atoms with Gasteiger partial charge in [0.05, 0.1) is 7.11 Å². The van der Waals surface area contributed by atoms with E-state index in [0.29, 0.717) is 0 Å². The van der Waals surface area contributed by atoms with E-state index < -0.39 is 0 Å². The van der Waals surface area contributed by atoms with Gasteiger partial charge in [-0.25, -0.2) is 0 Å². The predicted molar refractivity (Wildman–Crippen MR) is 70.0 cm³/mol. The smallest absolute Gasteiger partial charge is 0.122 e. The third-order valence-electron chi connectivity index (χ3n) is 3.76. The molecule has 2 N–H and O–H groups in total. The van der Waals surface area contributed by atoms with Crippen molar-refractivity contribution >= 4 is 15.9 Å². The molecule has 0 amide bonds. The summed E-state index contributed by atoms with van der Waals surface area (Å²) in [6.45, 7) is 2.78. The molecule has 1 aromatic rings. The average molecular weight is 284 g/mol. The van der Waals surface area contributed by atoms with Crippen LogP contribution in [0.25, 0.3) is 0 Å². The first-order valence-corrected chi connectivity index (χ1v) is 6.47. The van der Waals surface area contributed by atoms with Crippen LogP contribution < -0.4 is 10.5 Å². The molecule has 0 saturated heterocycles. The minimum atomic E-state index is 0.180. The topological polar surface area (TPSA) is 35.2 Å². The van der Waals surface area contributed by atoms with Crippen LogP contribution in [0.4, 0.5) is 0 Å². The minimum absolute atomic E-state index is 0.180. The minimum Gasteiger partial charge on any atom is -0.496 e. The number of halogens is 1. The van der Waals surface area contributed by atoms with Crippen molar-refractivity contribution in [3.05, 3.63) is 27.7 Å². The van der Waals surface area contributed by atoms with Crippen LogP contribution in [0.1, 0.15) is 30.4 Å². The normalized spacial score (nSPS) is 18.0. The standard InChI is InChI=1S/C13H18BrNO/c1-9-6-11(14)10(7-12(9)16-2)13(8-15)4-3-5-13/h6-7H,3-5,8,15H2,1-2H3. The molecule has 0 bridgehead atoms. The second-order valence-electron chi connectivity index (χ2n) is 4.64. The quantitative estimate of drug-likeness (QED) is 0.925. The van der Waals surface area contributed by atoms with Crippen LogP contribution in [-0.4, -0.2) is 13.7 Å². The highest BCUT2D eigenvalue weighted by Crippen LogP contribution is 2.47. The molecule has 0 radical (unpaired) electrons. The molecule has 88 valence electrons. The van der Waals surface area contributed by atoms with Gasteiger partial charge in [0.1, 0.15) is 5.75 Å². The van der Waals surface area contributed by atoms with Crippen molar-refractivity contribution < 1.29 is 4.74 Å². The van der Waals surface area contributed by atoms with Gasteiger partial charge in [-0.3, -0.25) is 0 Å². The van der Waals surface area contributed by atoms with Gasteiger partial charge in [0.25, 0.3) is 0 Å². The van der Waals surface area contributed by atoms with Gasteiger partial charge in [-0.1, -0.05) is 22.4 Å². The number of ether oxygens (including phenoxy) is 1. The molecule has 2 nitrogen and oxygen atoms in total. The number of hydrogen-bond donors (Lipinski definition) is 1. The van der Waals surface area contributed by atoms with Gasteiger partial charge in [-0.2, -0.15) is 0 Å². The van der Waals surface area contributed by atoms with Crippen LogP contribution in [0.5, 0.6) is 5.75 Å². The van der Waals surface area contributed by atoms with E-state index in [4.69, 9.17) is 10.5 Å². The molecule has 1 saturated carbocycles. The molecule has 1 aliphatic rings. The fraction of sp³-hybridized carbons (Fsp3) is 0.538. The van der Waals surface area contributed by atoms with Gasteiger partial charge >= 0.3 is 0 Å². The molecular formula is C13H18BrNO. The van der Waals surface area contributed by atoms with Gasteiger partial charge in [0.2, 0.25) is 0 Å². The van der Waals surface area contributed by atoms with Gasteiger partial charge in [0, 0.05) is 16.4 Å². The molecule has 0 aliphatic heterocycles. The Bertz CT molecular complexity index is 394. The molecule has 0 aromatic heterocycles. The largest absolute Gasteiger partial charge is 0.496 e. The molecule has 0 atom stereocenters. The molecular weight excluding hydrogens is 266 g/mol. The van der Waals surface area contributed by atoms with E-state index in [1.54, 1.807) is 7.11 Å². The molecule has 0 heterocycles. The second-order valence-corrected chi connectivity index (χ2v) is 5.49. The fourth-order valence-corrected chi connectivity index (χ4v) is 3.34. The van der Waals surface area contributed by atoms with Gasteiger partial charge in [-0.15, -0.1) is 0 Å². The maximum Gasteiger partial charge on any atom is 0.122 e. The zero-order valence-corrected chi connectivity index (χ0v) is 11.4. The average Bonchev–Trinajstić information content (AvgIpc) is 2.20. The van der Waals surface area contributed by atoms with E-state index >= 15 is 0 Å². The summed E-state index contributed by atoms with van der Waals surface area (Å²) in [7, 11) is 1.72. The number of nitrogens with two attached hydrogens (primary N) is 1. The van der Waals surface area contributed by atoms with Crippen molar-refractivity contribution in [2.24, 2.45) is 5.73 Å². The Labute approximate surface area is 105 Å². The summed E-state index contributed by atoms with van der Waals surface area (Å²) in [6.07, 6.45) is 3.66. The molecule has 2 rings (SSSR count). The van der Waals surface area contributed by atoms with Crippen molar-refractivity contribution in [2.45, 2.75) is 31.6 Å². The van der Waals surface area contributed by atoms with Gasteiger partial charge < -0.3 is 10.5 Å². The first-order chi connectivity index (χ1) is 7.63. The van der Waals surface area contributed by atoms with E-state index in [1.165, 1.54) is 24.8 Å². The molecule has 16 heavy (non-hydrogen) atoms. The second kappa shape index (κ2) is 4.38. The maximum absolute atomic E-state index is 5.94. The lowest BCUT2D eigenvalue weighted by molar-refractivity contribution is 0.251. The number of aryl methyl sites for hydroxylation is 1. The number of methoxy groups -OCH3 is 1. The highest BCUT2D eigenvalue weighted by atomic mass is 79.9. The molecule has 1 aliphatic carbocycles. The van der Waals surface area contributed by atoms with Crippen LogP contribution in [0.2, 0.25) is 0 Å². The maximum atomic E-state index is 5.94. The Morgan fingerprint density at radius 1 is 1.44 bits per heavy atom. The zero-order valence-electron chi connectivity index (χ0n) is 9.85. The van der Waals surface area contributed by atoms with Crippen molar-refractivity contribution in [1.29, 1.82) is 0 Å². The SMILES string of the molecule is COc1cc(C2(CN)CCC2)c(Br)cc1C. The first kappa shape index (κ1) is 11.9. The lowest BCUT2D eigenvalue weighted by atomic mass is 9.64. The van der Waals surface area contributed by atoms with Gasteiger partial charge in [0.15, 0.2) is 0 Å². The van der Waals surface area contributed by atoms with E-state index in [9.17, 15) is 0 Å². The van der Waals surface area contributed by atoms with Gasteiger partial charge in [-0.05, 0) is 43.0 Å². The Morgan fingerprint density at radius 3 is 2.56 bits per heavy atom. The number of hydrogen-bond acceptors (Lipinski definition) is 2. The molecule has 0 unspecified atom stereocenters. The van der Waals surface area contributed by atoms with Crippen molar-refractivity contribution in [1.82, 2.24) is 0 Å². The van der Waals surface area contributed by atoms with E-state index in [-0.39, 0.29) is 5.41 Å². The highest BCUT2D eigenvalue weighted by molar-refractivity contribution is 9.10. The Kier molecular flexibility index (Phi) is 3.27. The molecule has 3 heteroatoms. The van der Waals surface area contributed by atoms with Crippen LogP contribution in [0.15, 0.2) is 16.6 Å². The Hall–Kier alpha value is -0.540. The van der Waals surface area contributed by atoms with E-state index in [1.807, 2.05) is 0 Å². The summed E-state index contributed by atoms with van der Waals surface area (Å²) in [4.78, 5) is 0. The van der Waals surface area contributed by atoms with Crippen LogP contribution in [0.3, 0.4) is 0 Å². The number of rotatable bonds is 3. The van der Waals surface area contributed by atoms with E-state index in [2.05, 4.69) is 35.0 Å². The highest BCUT2D eigenvalue weighted by Gasteiger charge is 2.39. The molecule has 1 aromatic carbocycles. The van der Waals surface area contributed by atoms with Crippen molar-refractivity contribution in [3.8, 4) is 5.75 Å². The third-order valence-corrected chi connectivity index (χ3v) is 4.41. The van der Waals surface area contributed by atoms with Crippen molar-refractivity contribution in [2.75, 3.05) is 13.7 Å². The Balaban J connectivity index is 2.47. The first-order valence-electron chi connectivity index (χ1n) is 5.67. The van der Waals surface area contributed by atoms with Crippen molar-refractivity contribution in [3.63, 3.8) is 0 Å². The summed E-state index contributed by atoms with van der Waals surface area (Å²) in [5, 5.41) is 0. The van der Waals surface area contributed by atoms with E-state index in [0.717, 1.165) is 22.3 Å². The van der Waals surface area contributed by atoms with Crippen LogP contribution in [-0.2, 0) is 5.41 Å². The van der Waals surface area contributed by atoms with Crippen LogP contribution in [0, 0.1) is 6.92 Å². The predicted octanol–water partition coefficient (Wildman–Crippen LogP) is 3.15. The monoisotopic (exact) mass is 283 g/mol. The fourth-order valence-electron chi connectivity index (χ4n) is 2.47. The summed E-state index contributed by atoms with van der Waals surface area (Å²) in [5.41, 5.74) is 8.58. The van der Waals surface area contributed by atoms with Crippen LogP contribution >= 0.6 is 15.9 Å².